The highest BCUT2D eigenvalue weighted by Gasteiger charge is 2.29. The Morgan fingerprint density at radius 3 is 2.34 bits per heavy atom. The molecular formula is C22H41N3O4. The topological polar surface area (TPSA) is 93.9 Å². The molecule has 1 saturated carbocycles. The number of carbonyl (C=O) groups is 2. The van der Waals surface area contributed by atoms with Crippen LogP contribution in [0, 0.1) is 5.92 Å². The lowest BCUT2D eigenvalue weighted by Gasteiger charge is -2.29. The highest BCUT2D eigenvalue weighted by Crippen LogP contribution is 2.27. The molecule has 2 amide bonds. The number of ether oxygens (including phenoxy) is 2. The molecule has 1 saturated heterocycles. The summed E-state index contributed by atoms with van der Waals surface area (Å²) in [6, 6.07) is -0.237. The zero-order valence-corrected chi connectivity index (χ0v) is 18.0. The molecule has 0 spiro atoms. The lowest BCUT2D eigenvalue weighted by atomic mass is 9.86. The highest BCUT2D eigenvalue weighted by molar-refractivity contribution is 5.97. The van der Waals surface area contributed by atoms with Crippen LogP contribution in [-0.4, -0.2) is 68.8 Å². The summed E-state index contributed by atoms with van der Waals surface area (Å²) in [5, 5.41) is 3.27. The Labute approximate surface area is 176 Å². The van der Waals surface area contributed by atoms with E-state index in [1.165, 1.54) is 37.0 Å². The van der Waals surface area contributed by atoms with E-state index in [1.807, 2.05) is 0 Å². The Kier molecular flexibility index (Phi) is 12.4. The van der Waals surface area contributed by atoms with Gasteiger partial charge in [-0.05, 0) is 38.1 Å². The van der Waals surface area contributed by atoms with Crippen LogP contribution in [0.3, 0.4) is 0 Å². The molecule has 3 N–H and O–H groups in total. The summed E-state index contributed by atoms with van der Waals surface area (Å²) in [5.41, 5.74) is 5.38. The van der Waals surface area contributed by atoms with E-state index in [0.717, 1.165) is 44.6 Å². The van der Waals surface area contributed by atoms with Crippen LogP contribution in [0.4, 0.5) is 0 Å². The Hall–Kier alpha value is -1.02. The summed E-state index contributed by atoms with van der Waals surface area (Å²) in [5.74, 6) is 0.620. The maximum atomic E-state index is 13.0. The molecule has 2 aliphatic rings. The molecule has 0 bridgehead atoms. The lowest BCUT2D eigenvalue weighted by molar-refractivity contribution is -0.147. The SMILES string of the molecule is NCCOCCOCCN(C(=O)CCCC1CCCCC1)C(=O)C1CCCCN1. The molecule has 0 aromatic heterocycles. The molecule has 7 nitrogen and oxygen atoms in total. The van der Waals surface area contributed by atoms with Gasteiger partial charge < -0.3 is 20.5 Å². The van der Waals surface area contributed by atoms with Crippen molar-refractivity contribution in [2.75, 3.05) is 46.1 Å². The van der Waals surface area contributed by atoms with Crippen molar-refractivity contribution in [3.8, 4) is 0 Å². The van der Waals surface area contributed by atoms with E-state index in [-0.39, 0.29) is 17.9 Å². The third-order valence-electron chi connectivity index (χ3n) is 6.00. The number of imide groups is 1. The van der Waals surface area contributed by atoms with E-state index >= 15 is 0 Å². The molecular weight excluding hydrogens is 370 g/mol. The number of nitrogens with one attached hydrogen (secondary N) is 1. The van der Waals surface area contributed by atoms with Crippen LogP contribution < -0.4 is 11.1 Å². The van der Waals surface area contributed by atoms with Gasteiger partial charge in [-0.2, -0.15) is 0 Å². The fraction of sp³-hybridized carbons (Fsp3) is 0.909. The van der Waals surface area contributed by atoms with E-state index < -0.39 is 0 Å². The standard InChI is InChI=1S/C22H41N3O4/c23-12-15-28-17-18-29-16-14-25(22(27)20-10-4-5-13-24-20)21(26)11-6-9-19-7-2-1-3-8-19/h19-20,24H,1-18,23H2. The predicted octanol–water partition coefficient (Wildman–Crippen LogP) is 2.23. The Bertz CT molecular complexity index is 463. The molecule has 0 aromatic rings. The average Bonchev–Trinajstić information content (AvgIpc) is 2.76. The minimum atomic E-state index is -0.237. The third-order valence-corrected chi connectivity index (χ3v) is 6.00. The largest absolute Gasteiger partial charge is 0.378 e. The smallest absolute Gasteiger partial charge is 0.246 e. The minimum Gasteiger partial charge on any atom is -0.378 e. The number of piperidine rings is 1. The molecule has 29 heavy (non-hydrogen) atoms. The van der Waals surface area contributed by atoms with Gasteiger partial charge in [-0.3, -0.25) is 14.5 Å². The van der Waals surface area contributed by atoms with Gasteiger partial charge in [0.1, 0.15) is 0 Å². The zero-order valence-electron chi connectivity index (χ0n) is 18.0. The molecule has 168 valence electrons. The molecule has 7 heteroatoms. The first kappa shape index (κ1) is 24.3. The maximum Gasteiger partial charge on any atom is 0.246 e. The number of nitrogens with two attached hydrogens (primary N) is 1. The first-order valence-electron chi connectivity index (χ1n) is 11.7. The summed E-state index contributed by atoms with van der Waals surface area (Å²) in [6.45, 7) is 3.43. The highest BCUT2D eigenvalue weighted by atomic mass is 16.5. The number of hydrogen-bond acceptors (Lipinski definition) is 6. The molecule has 1 heterocycles. The summed E-state index contributed by atoms with van der Waals surface area (Å²) < 4.78 is 10.8. The van der Waals surface area contributed by atoms with E-state index in [9.17, 15) is 9.59 Å². The van der Waals surface area contributed by atoms with Crippen molar-refractivity contribution in [2.24, 2.45) is 11.7 Å². The second kappa shape index (κ2) is 14.9. The number of hydrogen-bond donors (Lipinski definition) is 2. The van der Waals surface area contributed by atoms with Crippen molar-refractivity contribution in [1.82, 2.24) is 10.2 Å². The van der Waals surface area contributed by atoms with Crippen molar-refractivity contribution in [1.29, 1.82) is 0 Å². The fourth-order valence-corrected chi connectivity index (χ4v) is 4.32. The van der Waals surface area contributed by atoms with Crippen molar-refractivity contribution in [3.05, 3.63) is 0 Å². The molecule has 1 atom stereocenters. The fourth-order valence-electron chi connectivity index (χ4n) is 4.32. The van der Waals surface area contributed by atoms with Gasteiger partial charge in [-0.15, -0.1) is 0 Å². The van der Waals surface area contributed by atoms with Crippen molar-refractivity contribution in [2.45, 2.75) is 76.7 Å². The van der Waals surface area contributed by atoms with Gasteiger partial charge in [0.15, 0.2) is 0 Å². The number of nitrogens with zero attached hydrogens (tertiary/aromatic N) is 1. The first-order valence-corrected chi connectivity index (χ1v) is 11.7. The first-order chi connectivity index (χ1) is 14.2. The van der Waals surface area contributed by atoms with Crippen molar-refractivity contribution in [3.63, 3.8) is 0 Å². The van der Waals surface area contributed by atoms with Crippen LogP contribution >= 0.6 is 0 Å². The number of amides is 2. The maximum absolute atomic E-state index is 13.0. The molecule has 2 rings (SSSR count). The molecule has 1 aliphatic heterocycles. The molecule has 1 unspecified atom stereocenters. The van der Waals surface area contributed by atoms with Gasteiger partial charge in [0.25, 0.3) is 0 Å². The van der Waals surface area contributed by atoms with Crippen LogP contribution in [0.5, 0.6) is 0 Å². The molecule has 2 fully saturated rings. The minimum absolute atomic E-state index is 0.0545. The van der Waals surface area contributed by atoms with Crippen LogP contribution in [0.25, 0.3) is 0 Å². The monoisotopic (exact) mass is 411 g/mol. The summed E-state index contributed by atoms with van der Waals surface area (Å²) in [4.78, 5) is 27.3. The van der Waals surface area contributed by atoms with Crippen LogP contribution in [-0.2, 0) is 19.1 Å². The van der Waals surface area contributed by atoms with E-state index in [4.69, 9.17) is 15.2 Å². The molecule has 0 radical (unpaired) electrons. The zero-order chi connectivity index (χ0) is 20.7. The van der Waals surface area contributed by atoms with Gasteiger partial charge >= 0.3 is 0 Å². The molecule has 1 aliphatic carbocycles. The lowest BCUT2D eigenvalue weighted by Crippen LogP contribution is -2.51. The van der Waals surface area contributed by atoms with E-state index in [1.54, 1.807) is 0 Å². The van der Waals surface area contributed by atoms with Gasteiger partial charge in [0.2, 0.25) is 11.8 Å². The van der Waals surface area contributed by atoms with Crippen molar-refractivity contribution >= 4 is 11.8 Å². The quantitative estimate of drug-likeness (QED) is 0.451. The summed E-state index contributed by atoms with van der Waals surface area (Å²) >= 11 is 0. The second-order valence-corrected chi connectivity index (χ2v) is 8.30. The Morgan fingerprint density at radius 1 is 0.931 bits per heavy atom. The Morgan fingerprint density at radius 2 is 1.66 bits per heavy atom. The van der Waals surface area contributed by atoms with E-state index in [0.29, 0.717) is 45.9 Å². The van der Waals surface area contributed by atoms with Crippen LogP contribution in [0.15, 0.2) is 0 Å². The van der Waals surface area contributed by atoms with Gasteiger partial charge in [-0.1, -0.05) is 38.5 Å². The van der Waals surface area contributed by atoms with Crippen molar-refractivity contribution < 1.29 is 19.1 Å². The van der Waals surface area contributed by atoms with Crippen LogP contribution in [0.1, 0.15) is 70.6 Å². The van der Waals surface area contributed by atoms with E-state index in [2.05, 4.69) is 5.32 Å². The number of rotatable bonds is 13. The van der Waals surface area contributed by atoms with Gasteiger partial charge in [0, 0.05) is 13.0 Å². The average molecular weight is 412 g/mol. The summed E-state index contributed by atoms with van der Waals surface area (Å²) in [7, 11) is 0. The van der Waals surface area contributed by atoms with Gasteiger partial charge in [-0.25, -0.2) is 0 Å². The molecule has 0 aromatic carbocycles. The second-order valence-electron chi connectivity index (χ2n) is 8.30. The normalized spacial score (nSPS) is 20.5. The summed E-state index contributed by atoms with van der Waals surface area (Å²) in [6.07, 6.45) is 11.9. The predicted molar refractivity (Wildman–Crippen MR) is 113 cm³/mol. The van der Waals surface area contributed by atoms with Crippen LogP contribution in [0.2, 0.25) is 0 Å². The van der Waals surface area contributed by atoms with Gasteiger partial charge in [0.05, 0.1) is 39.0 Å². The Balaban J connectivity index is 1.76. The number of carbonyl (C=O) groups excluding carboxylic acids is 2. The third kappa shape index (κ3) is 9.55.